The van der Waals surface area contributed by atoms with E-state index >= 15 is 0 Å². The molecule has 0 aliphatic carbocycles. The van der Waals surface area contributed by atoms with E-state index in [9.17, 15) is 29.4 Å². The number of benzene rings is 1. The third-order valence-corrected chi connectivity index (χ3v) is 5.64. The number of nitrogens with two attached hydrogens (primary N) is 1. The van der Waals surface area contributed by atoms with Gasteiger partial charge in [0, 0.05) is 35.0 Å². The molecule has 0 bridgehead atoms. The van der Waals surface area contributed by atoms with Crippen LogP contribution in [-0.4, -0.2) is 81.2 Å². The second-order valence-electron chi connectivity index (χ2n) is 7.24. The lowest BCUT2D eigenvalue weighted by molar-refractivity contribution is -0.142. The zero-order chi connectivity index (χ0) is 24.5. The first-order valence-corrected chi connectivity index (χ1v) is 11.2. The van der Waals surface area contributed by atoms with E-state index in [1.54, 1.807) is 6.20 Å². The number of thiol groups is 2. The van der Waals surface area contributed by atoms with Gasteiger partial charge in [0.1, 0.15) is 18.1 Å². The number of carboxylic acid groups (broad SMARTS) is 1. The number of hydrogen-bond donors (Lipinski definition) is 9. The molecule has 33 heavy (non-hydrogen) atoms. The molecule has 4 unspecified atom stereocenters. The Balaban J connectivity index is 2.05. The van der Waals surface area contributed by atoms with E-state index in [1.165, 1.54) is 0 Å². The Kier molecular flexibility index (Phi) is 10.0. The number of hydrogen-bond acceptors (Lipinski definition) is 8. The van der Waals surface area contributed by atoms with Gasteiger partial charge in [0.05, 0.1) is 12.6 Å². The molecule has 1 aromatic carbocycles. The Morgan fingerprint density at radius 3 is 2.15 bits per heavy atom. The quantitative estimate of drug-likeness (QED) is 0.158. The lowest BCUT2D eigenvalue weighted by Gasteiger charge is -2.23. The monoisotopic (exact) mass is 497 g/mol. The zero-order valence-electron chi connectivity index (χ0n) is 17.5. The number of carbonyl (C=O) groups is 4. The number of aliphatic hydroxyl groups excluding tert-OH is 1. The molecule has 0 saturated heterocycles. The summed E-state index contributed by atoms with van der Waals surface area (Å²) in [5, 5.41) is 27.0. The maximum atomic E-state index is 12.6. The average Bonchev–Trinajstić information content (AvgIpc) is 3.22. The Hall–Kier alpha value is -2.74. The van der Waals surface area contributed by atoms with Gasteiger partial charge in [-0.25, -0.2) is 4.79 Å². The van der Waals surface area contributed by atoms with E-state index in [-0.39, 0.29) is 17.9 Å². The number of nitrogens with one attached hydrogen (secondary N) is 4. The summed E-state index contributed by atoms with van der Waals surface area (Å²) >= 11 is 7.93. The van der Waals surface area contributed by atoms with Crippen molar-refractivity contribution < 1.29 is 29.4 Å². The minimum Gasteiger partial charge on any atom is -0.480 e. The Morgan fingerprint density at radius 2 is 1.55 bits per heavy atom. The van der Waals surface area contributed by atoms with Crippen LogP contribution in [0.4, 0.5) is 0 Å². The average molecular weight is 498 g/mol. The number of carboxylic acids is 1. The third kappa shape index (κ3) is 7.12. The SMILES string of the molecule is NC(CS)C(=O)NC(CS)C(=O)NC(CO)C(=O)NC(Cc1c[nH]c2ccccc12)C(=O)O. The molecule has 180 valence electrons. The summed E-state index contributed by atoms with van der Waals surface area (Å²) in [6.07, 6.45) is 1.64. The molecular weight excluding hydrogens is 470 g/mol. The number of H-pyrrole nitrogens is 1. The van der Waals surface area contributed by atoms with Crippen LogP contribution in [-0.2, 0) is 25.6 Å². The predicted molar refractivity (Wildman–Crippen MR) is 128 cm³/mol. The molecule has 0 saturated carbocycles. The smallest absolute Gasteiger partial charge is 0.326 e. The summed E-state index contributed by atoms with van der Waals surface area (Å²) in [6.45, 7) is -0.791. The number of aliphatic hydroxyl groups is 1. The number of para-hydroxylation sites is 1. The number of carbonyl (C=O) groups excluding carboxylic acids is 3. The summed E-state index contributed by atoms with van der Waals surface area (Å²) in [4.78, 5) is 51.8. The number of amides is 3. The van der Waals surface area contributed by atoms with E-state index in [4.69, 9.17) is 5.73 Å². The van der Waals surface area contributed by atoms with E-state index in [0.29, 0.717) is 5.56 Å². The molecule has 2 rings (SSSR count). The van der Waals surface area contributed by atoms with Gasteiger partial charge in [0.15, 0.2) is 0 Å². The normalized spacial score (nSPS) is 14.7. The summed E-state index contributed by atoms with van der Waals surface area (Å²) in [6, 6.07) is 2.48. The highest BCUT2D eigenvalue weighted by molar-refractivity contribution is 7.80. The van der Waals surface area contributed by atoms with Gasteiger partial charge < -0.3 is 36.9 Å². The molecule has 13 heteroatoms. The van der Waals surface area contributed by atoms with Crippen LogP contribution in [0.15, 0.2) is 30.5 Å². The summed E-state index contributed by atoms with van der Waals surface area (Å²) in [5.41, 5.74) is 7.06. The fourth-order valence-electron chi connectivity index (χ4n) is 3.01. The van der Waals surface area contributed by atoms with E-state index in [2.05, 4.69) is 46.2 Å². The van der Waals surface area contributed by atoms with Crippen molar-refractivity contribution in [2.75, 3.05) is 18.1 Å². The number of aromatic nitrogens is 1. The molecule has 8 N–H and O–H groups in total. The summed E-state index contributed by atoms with van der Waals surface area (Å²) < 4.78 is 0. The van der Waals surface area contributed by atoms with Crippen molar-refractivity contribution in [1.82, 2.24) is 20.9 Å². The molecule has 0 fully saturated rings. The fourth-order valence-corrected chi connectivity index (χ4v) is 3.44. The van der Waals surface area contributed by atoms with Gasteiger partial charge in [-0.05, 0) is 11.6 Å². The number of rotatable bonds is 12. The maximum Gasteiger partial charge on any atom is 0.326 e. The molecular formula is C20H27N5O6S2. The first-order valence-electron chi connectivity index (χ1n) is 9.98. The second kappa shape index (κ2) is 12.5. The molecule has 1 aromatic heterocycles. The lowest BCUT2D eigenvalue weighted by Crippen LogP contribution is -2.58. The largest absolute Gasteiger partial charge is 0.480 e. The topological polar surface area (TPSA) is 187 Å². The Morgan fingerprint density at radius 1 is 0.939 bits per heavy atom. The highest BCUT2D eigenvalue weighted by Crippen LogP contribution is 2.19. The van der Waals surface area contributed by atoms with Crippen molar-refractivity contribution in [1.29, 1.82) is 0 Å². The van der Waals surface area contributed by atoms with Gasteiger partial charge in [-0.2, -0.15) is 25.3 Å². The number of fused-ring (bicyclic) bond motifs is 1. The molecule has 11 nitrogen and oxygen atoms in total. The standard InChI is InChI=1S/C20H27N5O6S2/c21-12(8-32)17(27)25-16(9-33)19(29)24-15(7-26)18(28)23-14(20(30)31)5-10-6-22-13-4-2-1-3-11(10)13/h1-4,6,12,14-16,22,26,32-33H,5,7-9,21H2,(H,23,28)(H,24,29)(H,25,27)(H,30,31). The Labute approximate surface area is 200 Å². The fraction of sp³-hybridized carbons (Fsp3) is 0.400. The number of aromatic amines is 1. The molecule has 3 amide bonds. The van der Waals surface area contributed by atoms with Gasteiger partial charge >= 0.3 is 5.97 Å². The molecule has 0 aliphatic rings. The van der Waals surface area contributed by atoms with Crippen LogP contribution in [0, 0.1) is 0 Å². The molecule has 4 atom stereocenters. The van der Waals surface area contributed by atoms with E-state index in [1.807, 2.05) is 24.3 Å². The highest BCUT2D eigenvalue weighted by atomic mass is 32.1. The van der Waals surface area contributed by atoms with Crippen LogP contribution in [0.5, 0.6) is 0 Å². The van der Waals surface area contributed by atoms with Crippen LogP contribution < -0.4 is 21.7 Å². The third-order valence-electron chi connectivity index (χ3n) is 4.88. The molecule has 0 spiro atoms. The maximum absolute atomic E-state index is 12.6. The second-order valence-corrected chi connectivity index (χ2v) is 7.97. The van der Waals surface area contributed by atoms with Gasteiger partial charge in [0.25, 0.3) is 0 Å². The van der Waals surface area contributed by atoms with Crippen molar-refractivity contribution in [3.8, 4) is 0 Å². The van der Waals surface area contributed by atoms with Gasteiger partial charge in [-0.15, -0.1) is 0 Å². The van der Waals surface area contributed by atoms with Crippen molar-refractivity contribution in [3.05, 3.63) is 36.0 Å². The molecule has 0 radical (unpaired) electrons. The Bertz CT molecular complexity index is 1000. The van der Waals surface area contributed by atoms with Crippen LogP contribution >= 0.6 is 25.3 Å². The van der Waals surface area contributed by atoms with Crippen LogP contribution in [0.25, 0.3) is 10.9 Å². The van der Waals surface area contributed by atoms with Crippen molar-refractivity contribution in [2.45, 2.75) is 30.6 Å². The number of aliphatic carboxylic acids is 1. The predicted octanol–water partition coefficient (Wildman–Crippen LogP) is -1.57. The lowest BCUT2D eigenvalue weighted by atomic mass is 10.0. The van der Waals surface area contributed by atoms with Crippen LogP contribution in [0.1, 0.15) is 5.56 Å². The minimum absolute atomic E-state index is 0.0197. The molecule has 2 aromatic rings. The first kappa shape index (κ1) is 26.5. The summed E-state index contributed by atoms with van der Waals surface area (Å²) in [7, 11) is 0. The van der Waals surface area contributed by atoms with E-state index < -0.39 is 54.5 Å². The summed E-state index contributed by atoms with van der Waals surface area (Å²) in [5.74, 6) is -3.64. The zero-order valence-corrected chi connectivity index (χ0v) is 19.3. The van der Waals surface area contributed by atoms with E-state index in [0.717, 1.165) is 10.9 Å². The minimum atomic E-state index is -1.44. The first-order chi connectivity index (χ1) is 15.7. The molecule has 1 heterocycles. The molecule has 0 aliphatic heterocycles. The van der Waals surface area contributed by atoms with Crippen molar-refractivity contribution >= 4 is 59.9 Å². The van der Waals surface area contributed by atoms with Gasteiger partial charge in [-0.3, -0.25) is 14.4 Å². The highest BCUT2D eigenvalue weighted by Gasteiger charge is 2.29. The van der Waals surface area contributed by atoms with Crippen LogP contribution in [0.3, 0.4) is 0 Å². The van der Waals surface area contributed by atoms with Gasteiger partial charge in [-0.1, -0.05) is 18.2 Å². The van der Waals surface area contributed by atoms with Crippen molar-refractivity contribution in [2.24, 2.45) is 5.73 Å². The van der Waals surface area contributed by atoms with Gasteiger partial charge in [0.2, 0.25) is 17.7 Å². The van der Waals surface area contributed by atoms with Crippen LogP contribution in [0.2, 0.25) is 0 Å². The van der Waals surface area contributed by atoms with Crippen molar-refractivity contribution in [3.63, 3.8) is 0 Å².